The van der Waals surface area contributed by atoms with Gasteiger partial charge in [-0.3, -0.25) is 24.5 Å². The zero-order valence-corrected chi connectivity index (χ0v) is 9.86. The van der Waals surface area contributed by atoms with E-state index in [2.05, 4.69) is 15.0 Å². The van der Waals surface area contributed by atoms with Gasteiger partial charge >= 0.3 is 5.69 Å². The van der Waals surface area contributed by atoms with Crippen LogP contribution in [0.25, 0.3) is 16.9 Å². The molecule has 3 rings (SSSR count). The Kier molecular flexibility index (Phi) is 2.46. The third-order valence-electron chi connectivity index (χ3n) is 2.78. The van der Waals surface area contributed by atoms with E-state index in [9.17, 15) is 19.7 Å². The minimum Gasteiger partial charge on any atom is -0.311 e. The second-order valence-electron chi connectivity index (χ2n) is 3.97. The van der Waals surface area contributed by atoms with Crippen LogP contribution in [0.3, 0.4) is 0 Å². The van der Waals surface area contributed by atoms with E-state index in [1.165, 1.54) is 30.6 Å². The van der Waals surface area contributed by atoms with Crippen molar-refractivity contribution < 1.29 is 4.92 Å². The molecular formula is C11H7N5O4. The molecule has 0 saturated carbocycles. The summed E-state index contributed by atoms with van der Waals surface area (Å²) in [6.07, 6.45) is 1.17. The molecule has 0 saturated heterocycles. The molecule has 0 unspecified atom stereocenters. The summed E-state index contributed by atoms with van der Waals surface area (Å²) in [6, 6.07) is 5.43. The highest BCUT2D eigenvalue weighted by molar-refractivity contribution is 5.72. The summed E-state index contributed by atoms with van der Waals surface area (Å²) in [6.45, 7) is 0. The molecule has 0 amide bonds. The minimum absolute atomic E-state index is 0.0120. The monoisotopic (exact) mass is 273 g/mol. The average molecular weight is 273 g/mol. The predicted molar refractivity (Wildman–Crippen MR) is 69.0 cm³/mol. The van der Waals surface area contributed by atoms with Crippen molar-refractivity contribution in [2.24, 2.45) is 0 Å². The Balaban J connectivity index is 2.38. The van der Waals surface area contributed by atoms with E-state index >= 15 is 0 Å². The van der Waals surface area contributed by atoms with Crippen molar-refractivity contribution in [2.75, 3.05) is 0 Å². The van der Waals surface area contributed by atoms with Crippen LogP contribution in [0, 0.1) is 10.1 Å². The molecule has 0 aliphatic carbocycles. The molecule has 20 heavy (non-hydrogen) atoms. The molecule has 1 aromatic carbocycles. The molecule has 0 atom stereocenters. The molecule has 0 radical (unpaired) electrons. The van der Waals surface area contributed by atoms with Crippen molar-refractivity contribution in [1.29, 1.82) is 0 Å². The maximum atomic E-state index is 11.9. The molecule has 0 aliphatic rings. The predicted octanol–water partition coefficient (Wildman–Crippen LogP) is 0.310. The smallest absolute Gasteiger partial charge is 0.311 e. The van der Waals surface area contributed by atoms with Gasteiger partial charge in [0.15, 0.2) is 11.2 Å². The number of imidazole rings is 1. The molecule has 2 heterocycles. The molecule has 0 aliphatic heterocycles. The molecule has 9 nitrogen and oxygen atoms in total. The fraction of sp³-hybridized carbons (Fsp3) is 0. The summed E-state index contributed by atoms with van der Waals surface area (Å²) in [5.74, 6) is 0. The molecule has 3 aromatic rings. The number of nitrogens with zero attached hydrogens (tertiary/aromatic N) is 3. The van der Waals surface area contributed by atoms with Gasteiger partial charge in [0.05, 0.1) is 16.9 Å². The van der Waals surface area contributed by atoms with Crippen molar-refractivity contribution in [3.63, 3.8) is 0 Å². The van der Waals surface area contributed by atoms with Gasteiger partial charge in [0.1, 0.15) is 0 Å². The fourth-order valence-electron chi connectivity index (χ4n) is 1.94. The van der Waals surface area contributed by atoms with Crippen LogP contribution in [0.2, 0.25) is 0 Å². The Hall–Kier alpha value is -3.23. The van der Waals surface area contributed by atoms with Crippen molar-refractivity contribution >= 4 is 16.9 Å². The molecular weight excluding hydrogens is 266 g/mol. The second kappa shape index (κ2) is 4.16. The number of non-ortho nitro benzene ring substituents is 1. The first kappa shape index (κ1) is 11.8. The molecule has 0 spiro atoms. The lowest BCUT2D eigenvalue weighted by molar-refractivity contribution is -0.384. The Bertz CT molecular complexity index is 936. The van der Waals surface area contributed by atoms with Gasteiger partial charge in [0.25, 0.3) is 11.2 Å². The molecule has 0 fully saturated rings. The summed E-state index contributed by atoms with van der Waals surface area (Å²) in [5.41, 5.74) is -0.939. The molecule has 100 valence electrons. The van der Waals surface area contributed by atoms with Crippen LogP contribution in [0.15, 0.2) is 40.2 Å². The minimum atomic E-state index is -0.593. The van der Waals surface area contributed by atoms with Gasteiger partial charge in [0, 0.05) is 12.1 Å². The number of hydrogen-bond donors (Lipinski definition) is 2. The quantitative estimate of drug-likeness (QED) is 0.513. The van der Waals surface area contributed by atoms with Crippen LogP contribution in [-0.2, 0) is 0 Å². The Morgan fingerprint density at radius 1 is 1.30 bits per heavy atom. The van der Waals surface area contributed by atoms with Crippen LogP contribution in [0.4, 0.5) is 5.69 Å². The van der Waals surface area contributed by atoms with Crippen molar-refractivity contribution in [3.8, 4) is 5.69 Å². The number of hydrogen-bond acceptors (Lipinski definition) is 5. The van der Waals surface area contributed by atoms with E-state index in [1.807, 2.05) is 0 Å². The average Bonchev–Trinajstić information content (AvgIpc) is 2.76. The van der Waals surface area contributed by atoms with E-state index in [1.54, 1.807) is 0 Å². The van der Waals surface area contributed by atoms with Gasteiger partial charge in [-0.25, -0.2) is 9.78 Å². The number of aromatic nitrogens is 4. The lowest BCUT2D eigenvalue weighted by Gasteiger charge is -2.01. The summed E-state index contributed by atoms with van der Waals surface area (Å²) in [7, 11) is 0. The van der Waals surface area contributed by atoms with Gasteiger partial charge in [0.2, 0.25) is 0 Å². The van der Waals surface area contributed by atoms with Gasteiger partial charge in [-0.15, -0.1) is 0 Å². The number of rotatable bonds is 2. The van der Waals surface area contributed by atoms with E-state index in [4.69, 9.17) is 0 Å². The SMILES string of the molecule is O=c1[nH]cnc2[nH]c(=O)n(-c3cccc([N+](=O)[O-])c3)c12. The van der Waals surface area contributed by atoms with Gasteiger partial charge in [-0.05, 0) is 6.07 Å². The first-order valence-corrected chi connectivity index (χ1v) is 5.51. The number of aromatic amines is 2. The van der Waals surface area contributed by atoms with Crippen LogP contribution < -0.4 is 11.2 Å². The Morgan fingerprint density at radius 2 is 2.10 bits per heavy atom. The molecule has 0 bridgehead atoms. The molecule has 9 heteroatoms. The highest BCUT2D eigenvalue weighted by Crippen LogP contribution is 2.17. The normalized spacial score (nSPS) is 10.8. The number of H-pyrrole nitrogens is 2. The third-order valence-corrected chi connectivity index (χ3v) is 2.78. The van der Waals surface area contributed by atoms with Crippen LogP contribution in [0.1, 0.15) is 0 Å². The first-order valence-electron chi connectivity index (χ1n) is 5.51. The van der Waals surface area contributed by atoms with Crippen LogP contribution in [-0.4, -0.2) is 24.4 Å². The maximum Gasteiger partial charge on any atom is 0.332 e. The summed E-state index contributed by atoms with van der Waals surface area (Å²) in [5, 5.41) is 10.8. The van der Waals surface area contributed by atoms with Gasteiger partial charge in [-0.2, -0.15) is 0 Å². The maximum absolute atomic E-state index is 11.9. The topological polar surface area (TPSA) is 127 Å². The number of nitrogens with one attached hydrogen (secondary N) is 2. The van der Waals surface area contributed by atoms with Crippen LogP contribution in [0.5, 0.6) is 0 Å². The summed E-state index contributed by atoms with van der Waals surface area (Å²) >= 11 is 0. The Morgan fingerprint density at radius 3 is 2.85 bits per heavy atom. The van der Waals surface area contributed by atoms with Gasteiger partial charge < -0.3 is 4.98 Å². The lowest BCUT2D eigenvalue weighted by atomic mass is 10.3. The van der Waals surface area contributed by atoms with Crippen molar-refractivity contribution in [1.82, 2.24) is 19.5 Å². The van der Waals surface area contributed by atoms with E-state index < -0.39 is 16.2 Å². The first-order chi connectivity index (χ1) is 9.58. The Labute approximate surface area is 109 Å². The summed E-state index contributed by atoms with van der Waals surface area (Å²) in [4.78, 5) is 42.5. The van der Waals surface area contributed by atoms with Crippen LogP contribution >= 0.6 is 0 Å². The fourth-order valence-corrected chi connectivity index (χ4v) is 1.94. The standard InChI is InChI=1S/C11H7N5O4/c17-10-8-9(12-5-13-10)14-11(18)15(8)6-2-1-3-7(4-6)16(19)20/h1-5H,(H2,12,13,14,17,18). The summed E-state index contributed by atoms with van der Waals surface area (Å²) < 4.78 is 1.05. The highest BCUT2D eigenvalue weighted by atomic mass is 16.6. The number of nitro benzene ring substituents is 1. The largest absolute Gasteiger partial charge is 0.332 e. The second-order valence-corrected chi connectivity index (χ2v) is 3.97. The molecule has 2 N–H and O–H groups in total. The van der Waals surface area contributed by atoms with Crippen molar-refractivity contribution in [3.05, 3.63) is 61.5 Å². The van der Waals surface area contributed by atoms with Gasteiger partial charge in [-0.1, -0.05) is 6.07 Å². The number of benzene rings is 1. The van der Waals surface area contributed by atoms with E-state index in [-0.39, 0.29) is 22.5 Å². The van der Waals surface area contributed by atoms with E-state index in [0.717, 1.165) is 4.57 Å². The lowest BCUT2D eigenvalue weighted by Crippen LogP contribution is -2.18. The zero-order chi connectivity index (χ0) is 14.3. The highest BCUT2D eigenvalue weighted by Gasteiger charge is 2.15. The third kappa shape index (κ3) is 1.68. The van der Waals surface area contributed by atoms with E-state index in [0.29, 0.717) is 0 Å². The van der Waals surface area contributed by atoms with Crippen molar-refractivity contribution in [2.45, 2.75) is 0 Å². The number of fused-ring (bicyclic) bond motifs is 1. The molecule has 2 aromatic heterocycles. The zero-order valence-electron chi connectivity index (χ0n) is 9.86. The number of nitro groups is 1.